The molecule has 0 radical (unpaired) electrons. The summed E-state index contributed by atoms with van der Waals surface area (Å²) < 4.78 is 1.98. The van der Waals surface area contributed by atoms with Gasteiger partial charge in [0.15, 0.2) is 0 Å². The van der Waals surface area contributed by atoms with Gasteiger partial charge in [-0.15, -0.1) is 0 Å². The molecule has 1 aromatic heterocycles. The zero-order valence-electron chi connectivity index (χ0n) is 15.3. The molecule has 5 heteroatoms. The molecule has 6 rings (SSSR count). The van der Waals surface area contributed by atoms with Crippen LogP contribution in [0.4, 0.5) is 0 Å². The van der Waals surface area contributed by atoms with Gasteiger partial charge in [0.1, 0.15) is 18.7 Å². The zero-order valence-corrected chi connectivity index (χ0v) is 15.3. The van der Waals surface area contributed by atoms with Crippen molar-refractivity contribution in [2.75, 3.05) is 13.1 Å². The Bertz CT molecular complexity index is 1010. The van der Waals surface area contributed by atoms with Gasteiger partial charge in [-0.25, -0.2) is 4.98 Å². The van der Waals surface area contributed by atoms with Crippen LogP contribution in [0.2, 0.25) is 0 Å². The summed E-state index contributed by atoms with van der Waals surface area (Å²) in [5.74, 6) is 2.22. The average Bonchev–Trinajstić information content (AvgIpc) is 3.61. The molecule has 1 aromatic carbocycles. The van der Waals surface area contributed by atoms with E-state index in [0.717, 1.165) is 36.1 Å². The van der Waals surface area contributed by atoms with E-state index in [0.29, 0.717) is 5.92 Å². The topological polar surface area (TPSA) is 50.5 Å². The van der Waals surface area contributed by atoms with Crippen LogP contribution in [0.5, 0.6) is 0 Å². The first-order valence-corrected chi connectivity index (χ1v) is 10.0. The van der Waals surface area contributed by atoms with Crippen molar-refractivity contribution in [1.29, 1.82) is 0 Å². The molecule has 0 atom stereocenters. The first kappa shape index (κ1) is 15.4. The largest absolute Gasteiger partial charge is 0.310 e. The minimum atomic E-state index is 0.0845. The summed E-state index contributed by atoms with van der Waals surface area (Å²) in [7, 11) is 0. The fourth-order valence-corrected chi connectivity index (χ4v) is 4.42. The number of hydrogen-bond donors (Lipinski definition) is 0. The van der Waals surface area contributed by atoms with Crippen molar-refractivity contribution in [1.82, 2.24) is 14.5 Å². The summed E-state index contributed by atoms with van der Waals surface area (Å²) in [6.45, 7) is 0.950. The summed E-state index contributed by atoms with van der Waals surface area (Å²) in [5.41, 5.74) is 6.27. The third-order valence-corrected chi connectivity index (χ3v) is 6.19. The number of carbonyl (C=O) groups is 1. The van der Waals surface area contributed by atoms with Crippen LogP contribution in [0.15, 0.2) is 41.8 Å². The van der Waals surface area contributed by atoms with Crippen molar-refractivity contribution >= 4 is 17.4 Å². The van der Waals surface area contributed by atoms with Crippen molar-refractivity contribution in [2.24, 2.45) is 4.99 Å². The number of hydrogen-bond acceptors (Lipinski definition) is 3. The van der Waals surface area contributed by atoms with E-state index >= 15 is 0 Å². The number of rotatable bonds is 2. The van der Waals surface area contributed by atoms with Crippen LogP contribution in [0, 0.1) is 0 Å². The zero-order chi connectivity index (χ0) is 18.0. The molecule has 0 unspecified atom stereocenters. The lowest BCUT2D eigenvalue weighted by Crippen LogP contribution is -2.36. The number of fused-ring (bicyclic) bond motifs is 3. The Kier molecular flexibility index (Phi) is 3.22. The molecular formula is C22H22N4O. The highest BCUT2D eigenvalue weighted by Gasteiger charge is 2.33. The highest BCUT2D eigenvalue weighted by atomic mass is 16.2. The van der Waals surface area contributed by atoms with E-state index < -0.39 is 0 Å². The minimum absolute atomic E-state index is 0.0845. The molecule has 2 saturated carbocycles. The number of benzene rings is 1. The van der Waals surface area contributed by atoms with Crippen LogP contribution in [0.3, 0.4) is 0 Å². The predicted molar refractivity (Wildman–Crippen MR) is 104 cm³/mol. The second-order valence-corrected chi connectivity index (χ2v) is 8.13. The number of imidazole rings is 1. The van der Waals surface area contributed by atoms with Gasteiger partial charge in [-0.3, -0.25) is 14.4 Å². The first-order valence-electron chi connectivity index (χ1n) is 10.0. The fourth-order valence-electron chi connectivity index (χ4n) is 4.42. The van der Waals surface area contributed by atoms with Gasteiger partial charge in [0.2, 0.25) is 5.91 Å². The molecule has 0 N–H and O–H groups in total. The summed E-state index contributed by atoms with van der Waals surface area (Å²) in [5, 5.41) is 0. The second-order valence-electron chi connectivity index (χ2n) is 8.13. The van der Waals surface area contributed by atoms with E-state index in [1.807, 2.05) is 15.8 Å². The van der Waals surface area contributed by atoms with Crippen molar-refractivity contribution in [3.05, 3.63) is 59.2 Å². The average molecular weight is 358 g/mol. The maximum atomic E-state index is 12.7. The molecule has 2 aliphatic heterocycles. The van der Waals surface area contributed by atoms with Gasteiger partial charge in [0, 0.05) is 30.3 Å². The summed E-state index contributed by atoms with van der Waals surface area (Å²) >= 11 is 0. The summed E-state index contributed by atoms with van der Waals surface area (Å²) in [4.78, 5) is 23.8. The fraction of sp³-hybridized carbons (Fsp3) is 0.409. The molecule has 3 heterocycles. The monoisotopic (exact) mass is 358 g/mol. The third kappa shape index (κ3) is 2.56. The maximum Gasteiger partial charge on any atom is 0.248 e. The maximum absolute atomic E-state index is 12.7. The van der Waals surface area contributed by atoms with Crippen molar-refractivity contribution in [2.45, 2.75) is 43.9 Å². The number of carbonyl (C=O) groups excluding carboxylic acids is 1. The summed E-state index contributed by atoms with van der Waals surface area (Å²) in [6, 6.07) is 6.59. The lowest BCUT2D eigenvalue weighted by atomic mass is 9.90. The van der Waals surface area contributed by atoms with Gasteiger partial charge in [0.05, 0.1) is 11.4 Å². The molecule has 136 valence electrons. The first-order chi connectivity index (χ1) is 13.3. The minimum Gasteiger partial charge on any atom is -0.310 e. The number of nitrogens with zero attached hydrogens (tertiary/aromatic N) is 4. The Morgan fingerprint density at radius 3 is 2.74 bits per heavy atom. The molecule has 1 amide bonds. The molecule has 0 bridgehead atoms. The number of aromatic nitrogens is 2. The van der Waals surface area contributed by atoms with Gasteiger partial charge in [-0.05, 0) is 49.1 Å². The van der Waals surface area contributed by atoms with E-state index in [4.69, 9.17) is 0 Å². The van der Waals surface area contributed by atoms with Crippen LogP contribution < -0.4 is 0 Å². The second kappa shape index (κ2) is 5.65. The van der Waals surface area contributed by atoms with Gasteiger partial charge >= 0.3 is 0 Å². The van der Waals surface area contributed by atoms with Crippen LogP contribution in [-0.4, -0.2) is 39.3 Å². The lowest BCUT2D eigenvalue weighted by molar-refractivity contribution is -0.126. The molecule has 4 aliphatic rings. The standard InChI is InChI=1S/C22H22N4O/c27-22-11-23-21(25-12-19(24-13-25)15-6-7-15)10-20-18-3-1-2-16(14-4-5-14)17(18)8-9-26(20)22/h1-3,10,12-15H,4-9,11H2. The van der Waals surface area contributed by atoms with E-state index in [2.05, 4.69) is 40.4 Å². The van der Waals surface area contributed by atoms with Crippen molar-refractivity contribution < 1.29 is 4.79 Å². The molecule has 0 saturated heterocycles. The molecule has 2 aliphatic carbocycles. The van der Waals surface area contributed by atoms with E-state index in [1.165, 1.54) is 42.4 Å². The highest BCUT2D eigenvalue weighted by Crippen LogP contribution is 2.45. The quantitative estimate of drug-likeness (QED) is 0.827. The Labute approximate surface area is 158 Å². The third-order valence-electron chi connectivity index (χ3n) is 6.19. The number of allylic oxidation sites excluding steroid dienone is 1. The molecule has 2 aromatic rings. The van der Waals surface area contributed by atoms with Crippen LogP contribution in [-0.2, 0) is 11.2 Å². The van der Waals surface area contributed by atoms with Gasteiger partial charge in [-0.1, -0.05) is 18.2 Å². The Balaban J connectivity index is 1.45. The Morgan fingerprint density at radius 1 is 1.07 bits per heavy atom. The van der Waals surface area contributed by atoms with Crippen molar-refractivity contribution in [3.8, 4) is 0 Å². The van der Waals surface area contributed by atoms with Crippen LogP contribution >= 0.6 is 0 Å². The lowest BCUT2D eigenvalue weighted by Gasteiger charge is -2.32. The Morgan fingerprint density at radius 2 is 1.93 bits per heavy atom. The van der Waals surface area contributed by atoms with Gasteiger partial charge < -0.3 is 4.90 Å². The molecule has 2 fully saturated rings. The smallest absolute Gasteiger partial charge is 0.248 e. The SMILES string of the molecule is O=C1CN=C(n2cnc(C3CC3)c2)C=C2c3cccc(C4CC4)c3CCN12. The number of amides is 1. The molecule has 0 spiro atoms. The predicted octanol–water partition coefficient (Wildman–Crippen LogP) is 3.32. The van der Waals surface area contributed by atoms with Crippen LogP contribution in [0.1, 0.15) is 59.9 Å². The van der Waals surface area contributed by atoms with Crippen LogP contribution in [0.25, 0.3) is 5.70 Å². The summed E-state index contributed by atoms with van der Waals surface area (Å²) in [6.07, 6.45) is 12.0. The molecular weight excluding hydrogens is 336 g/mol. The van der Waals surface area contributed by atoms with E-state index in [-0.39, 0.29) is 12.5 Å². The Hall–Kier alpha value is -2.69. The molecule has 5 nitrogen and oxygen atoms in total. The van der Waals surface area contributed by atoms with E-state index in [1.54, 1.807) is 0 Å². The number of aliphatic imine (C=N–C) groups is 1. The molecule has 27 heavy (non-hydrogen) atoms. The van der Waals surface area contributed by atoms with Gasteiger partial charge in [0.25, 0.3) is 0 Å². The normalized spacial score (nSPS) is 21.9. The highest BCUT2D eigenvalue weighted by molar-refractivity contribution is 6.06. The van der Waals surface area contributed by atoms with Gasteiger partial charge in [-0.2, -0.15) is 0 Å². The van der Waals surface area contributed by atoms with Crippen molar-refractivity contribution in [3.63, 3.8) is 0 Å². The van der Waals surface area contributed by atoms with E-state index in [9.17, 15) is 4.79 Å².